The maximum Gasteiger partial charge on any atom is 0.138 e. The Labute approximate surface area is 122 Å². The lowest BCUT2D eigenvalue weighted by Gasteiger charge is -2.07. The van der Waals surface area contributed by atoms with Gasteiger partial charge in [0.2, 0.25) is 0 Å². The first kappa shape index (κ1) is 12.8. The summed E-state index contributed by atoms with van der Waals surface area (Å²) in [6.07, 6.45) is 4.98. The van der Waals surface area contributed by atoms with Crippen molar-refractivity contribution in [1.29, 1.82) is 0 Å². The number of nitrogens with zero attached hydrogens (tertiary/aromatic N) is 3. The molecule has 3 aromatic rings. The smallest absolute Gasteiger partial charge is 0.138 e. The van der Waals surface area contributed by atoms with Gasteiger partial charge in [0.1, 0.15) is 11.5 Å². The molecule has 0 bridgehead atoms. The van der Waals surface area contributed by atoms with Crippen molar-refractivity contribution in [3.8, 4) is 22.4 Å². The summed E-state index contributed by atoms with van der Waals surface area (Å²) in [6, 6.07) is 12.1. The van der Waals surface area contributed by atoms with Gasteiger partial charge in [-0.2, -0.15) is 0 Å². The first-order chi connectivity index (χ1) is 9.74. The van der Waals surface area contributed by atoms with Crippen molar-refractivity contribution in [2.75, 3.05) is 0 Å². The molecule has 0 aliphatic carbocycles. The number of benzene rings is 1. The third-order valence-corrected chi connectivity index (χ3v) is 3.35. The lowest BCUT2D eigenvalue weighted by Crippen LogP contribution is -1.89. The second kappa shape index (κ2) is 5.39. The molecular weight excluding hydrogens is 270 g/mol. The zero-order valence-electron chi connectivity index (χ0n) is 10.9. The molecule has 1 aromatic carbocycles. The van der Waals surface area contributed by atoms with Crippen LogP contribution in [0.25, 0.3) is 22.4 Å². The van der Waals surface area contributed by atoms with Crippen molar-refractivity contribution in [1.82, 2.24) is 15.0 Å². The van der Waals surface area contributed by atoms with Crippen LogP contribution in [0.4, 0.5) is 0 Å². The van der Waals surface area contributed by atoms with E-state index in [1.54, 1.807) is 12.4 Å². The Morgan fingerprint density at radius 1 is 1.00 bits per heavy atom. The molecule has 4 heteroatoms. The van der Waals surface area contributed by atoms with E-state index in [1.807, 2.05) is 18.2 Å². The minimum atomic E-state index is 0.445. The molecule has 0 fully saturated rings. The number of aryl methyl sites for hydroxylation is 1. The van der Waals surface area contributed by atoms with Crippen molar-refractivity contribution >= 4 is 11.6 Å². The molecule has 0 unspecified atom stereocenters. The van der Waals surface area contributed by atoms with Crippen LogP contribution in [0.1, 0.15) is 5.56 Å². The molecule has 0 spiro atoms. The Kier molecular flexibility index (Phi) is 3.44. The molecule has 3 nitrogen and oxygen atoms in total. The molecule has 0 radical (unpaired) electrons. The summed E-state index contributed by atoms with van der Waals surface area (Å²) >= 11 is 6.18. The van der Waals surface area contributed by atoms with Crippen LogP contribution in [0.5, 0.6) is 0 Å². The summed E-state index contributed by atoms with van der Waals surface area (Å²) < 4.78 is 0. The first-order valence-electron chi connectivity index (χ1n) is 6.23. The molecule has 0 N–H and O–H groups in total. The van der Waals surface area contributed by atoms with Gasteiger partial charge in [0.25, 0.3) is 0 Å². The minimum absolute atomic E-state index is 0.445. The average molecular weight is 282 g/mol. The molecule has 0 aliphatic heterocycles. The second-order valence-electron chi connectivity index (χ2n) is 4.53. The van der Waals surface area contributed by atoms with E-state index in [-0.39, 0.29) is 0 Å². The van der Waals surface area contributed by atoms with Gasteiger partial charge in [0.15, 0.2) is 0 Å². The summed E-state index contributed by atoms with van der Waals surface area (Å²) in [4.78, 5) is 12.4. The van der Waals surface area contributed by atoms with E-state index in [4.69, 9.17) is 11.6 Å². The van der Waals surface area contributed by atoms with Crippen molar-refractivity contribution < 1.29 is 0 Å². The van der Waals surface area contributed by atoms with E-state index >= 15 is 0 Å². The predicted molar refractivity (Wildman–Crippen MR) is 80.4 cm³/mol. The third kappa shape index (κ3) is 2.53. The SMILES string of the molecule is Cc1cccc(-c2cnc(Cl)c(-c3ccncn3)c2)c1. The van der Waals surface area contributed by atoms with Gasteiger partial charge in [-0.25, -0.2) is 15.0 Å². The van der Waals surface area contributed by atoms with Crippen LogP contribution in [0.15, 0.2) is 55.1 Å². The van der Waals surface area contributed by atoms with Crippen molar-refractivity contribution in [2.45, 2.75) is 6.92 Å². The predicted octanol–water partition coefficient (Wildman–Crippen LogP) is 4.17. The second-order valence-corrected chi connectivity index (χ2v) is 4.88. The number of hydrogen-bond donors (Lipinski definition) is 0. The molecule has 3 rings (SSSR count). The van der Waals surface area contributed by atoms with Crippen LogP contribution in [-0.4, -0.2) is 15.0 Å². The van der Waals surface area contributed by atoms with Crippen molar-refractivity contribution in [3.63, 3.8) is 0 Å². The molecule has 0 aliphatic rings. The summed E-state index contributed by atoms with van der Waals surface area (Å²) in [5, 5.41) is 0.445. The van der Waals surface area contributed by atoms with Gasteiger partial charge in [0.05, 0.1) is 5.69 Å². The van der Waals surface area contributed by atoms with Gasteiger partial charge >= 0.3 is 0 Å². The highest BCUT2D eigenvalue weighted by atomic mass is 35.5. The molecule has 0 amide bonds. The lowest BCUT2D eigenvalue weighted by atomic mass is 10.0. The molecule has 2 heterocycles. The highest BCUT2D eigenvalue weighted by molar-refractivity contribution is 6.32. The number of rotatable bonds is 2. The molecular formula is C16H12ClN3. The summed E-state index contributed by atoms with van der Waals surface area (Å²) in [7, 11) is 0. The van der Waals surface area contributed by atoms with Gasteiger partial charge in [-0.3, -0.25) is 0 Å². The highest BCUT2D eigenvalue weighted by Gasteiger charge is 2.08. The monoisotopic (exact) mass is 281 g/mol. The van der Waals surface area contributed by atoms with Gasteiger partial charge in [-0.15, -0.1) is 0 Å². The quantitative estimate of drug-likeness (QED) is 0.662. The zero-order valence-corrected chi connectivity index (χ0v) is 11.7. The number of hydrogen-bond acceptors (Lipinski definition) is 3. The summed E-state index contributed by atoms with van der Waals surface area (Å²) in [5.74, 6) is 0. The Bertz CT molecular complexity index is 742. The molecule has 20 heavy (non-hydrogen) atoms. The van der Waals surface area contributed by atoms with E-state index in [2.05, 4.69) is 40.1 Å². The molecule has 0 saturated heterocycles. The maximum absolute atomic E-state index is 6.18. The fourth-order valence-electron chi connectivity index (χ4n) is 2.06. The molecule has 0 atom stereocenters. The van der Waals surface area contributed by atoms with Crippen LogP contribution < -0.4 is 0 Å². The van der Waals surface area contributed by atoms with Crippen molar-refractivity contribution in [3.05, 3.63) is 65.8 Å². The Morgan fingerprint density at radius 3 is 2.65 bits per heavy atom. The van der Waals surface area contributed by atoms with Crippen LogP contribution in [-0.2, 0) is 0 Å². The first-order valence-corrected chi connectivity index (χ1v) is 6.61. The highest BCUT2D eigenvalue weighted by Crippen LogP contribution is 2.29. The topological polar surface area (TPSA) is 38.7 Å². The Balaban J connectivity index is 2.12. The van der Waals surface area contributed by atoms with Crippen LogP contribution in [0.2, 0.25) is 5.15 Å². The molecule has 0 saturated carbocycles. The maximum atomic E-state index is 6.18. The number of halogens is 1. The van der Waals surface area contributed by atoms with Gasteiger partial charge < -0.3 is 0 Å². The van der Waals surface area contributed by atoms with Crippen molar-refractivity contribution in [2.24, 2.45) is 0 Å². The fourth-order valence-corrected chi connectivity index (χ4v) is 2.26. The van der Waals surface area contributed by atoms with E-state index in [9.17, 15) is 0 Å². The summed E-state index contributed by atoms with van der Waals surface area (Å²) in [6.45, 7) is 2.07. The van der Waals surface area contributed by atoms with Gasteiger partial charge in [-0.1, -0.05) is 41.4 Å². The van der Waals surface area contributed by atoms with Crippen LogP contribution in [0.3, 0.4) is 0 Å². The number of aromatic nitrogens is 3. The zero-order chi connectivity index (χ0) is 13.9. The van der Waals surface area contributed by atoms with E-state index < -0.39 is 0 Å². The normalized spacial score (nSPS) is 10.5. The standard InChI is InChI=1S/C16H12ClN3/c1-11-3-2-4-12(7-11)13-8-14(16(17)19-9-13)15-5-6-18-10-20-15/h2-10H,1H3. The fraction of sp³-hybridized carbons (Fsp3) is 0.0625. The Hall–Kier alpha value is -2.26. The van der Waals surface area contributed by atoms with Crippen LogP contribution in [0, 0.1) is 6.92 Å². The molecule has 2 aromatic heterocycles. The largest absolute Gasteiger partial charge is 0.245 e. The van der Waals surface area contributed by atoms with Gasteiger partial charge in [-0.05, 0) is 24.6 Å². The third-order valence-electron chi connectivity index (χ3n) is 3.05. The number of pyridine rings is 1. The van der Waals surface area contributed by atoms with E-state index in [0.717, 1.165) is 22.4 Å². The Morgan fingerprint density at radius 2 is 1.90 bits per heavy atom. The minimum Gasteiger partial charge on any atom is -0.245 e. The average Bonchev–Trinajstić information content (AvgIpc) is 2.48. The van der Waals surface area contributed by atoms with E-state index in [0.29, 0.717) is 5.15 Å². The van der Waals surface area contributed by atoms with Gasteiger partial charge in [0, 0.05) is 23.5 Å². The summed E-state index contributed by atoms with van der Waals surface area (Å²) in [5.41, 5.74) is 4.93. The van der Waals surface area contributed by atoms with Crippen LogP contribution >= 0.6 is 11.6 Å². The van der Waals surface area contributed by atoms with E-state index in [1.165, 1.54) is 11.9 Å². The molecule has 98 valence electrons. The lowest BCUT2D eigenvalue weighted by molar-refractivity contribution is 1.17.